The fourth-order valence-electron chi connectivity index (χ4n) is 4.12. The lowest BCUT2D eigenvalue weighted by Gasteiger charge is -2.33. The molecule has 1 fully saturated rings. The number of nitrogens with one attached hydrogen (secondary N) is 1. The lowest BCUT2D eigenvalue weighted by molar-refractivity contribution is 0.223. The van der Waals surface area contributed by atoms with Crippen LogP contribution in [0.25, 0.3) is 11.0 Å². The molecule has 2 heteroatoms. The third-order valence-corrected chi connectivity index (χ3v) is 4.94. The summed E-state index contributed by atoms with van der Waals surface area (Å²) in [6.45, 7) is 9.16. The quantitative estimate of drug-likeness (QED) is 0.836. The number of rotatable bonds is 3. The molecule has 21 heavy (non-hydrogen) atoms. The van der Waals surface area contributed by atoms with Crippen molar-refractivity contribution in [3.05, 3.63) is 35.6 Å². The predicted molar refractivity (Wildman–Crippen MR) is 88.5 cm³/mol. The van der Waals surface area contributed by atoms with Crippen molar-refractivity contribution in [1.82, 2.24) is 5.32 Å². The van der Waals surface area contributed by atoms with Crippen molar-refractivity contribution in [3.8, 4) is 0 Å². The fourth-order valence-corrected chi connectivity index (χ4v) is 4.12. The van der Waals surface area contributed by atoms with Gasteiger partial charge in [-0.05, 0) is 56.6 Å². The lowest BCUT2D eigenvalue weighted by Crippen LogP contribution is -2.37. The van der Waals surface area contributed by atoms with Gasteiger partial charge in [-0.1, -0.05) is 32.0 Å². The van der Waals surface area contributed by atoms with Gasteiger partial charge in [0.1, 0.15) is 11.3 Å². The molecule has 1 aliphatic rings. The first-order valence-electron chi connectivity index (χ1n) is 8.28. The summed E-state index contributed by atoms with van der Waals surface area (Å²) in [6.07, 6.45) is 3.94. The first kappa shape index (κ1) is 14.6. The van der Waals surface area contributed by atoms with E-state index in [1.54, 1.807) is 0 Å². The number of hydrogen-bond acceptors (Lipinski definition) is 2. The molecule has 3 atom stereocenters. The topological polar surface area (TPSA) is 25.2 Å². The second kappa shape index (κ2) is 5.84. The van der Waals surface area contributed by atoms with Gasteiger partial charge in [-0.2, -0.15) is 0 Å². The van der Waals surface area contributed by atoms with E-state index >= 15 is 0 Å². The number of para-hydroxylation sites is 1. The van der Waals surface area contributed by atoms with E-state index in [2.05, 4.69) is 51.2 Å². The van der Waals surface area contributed by atoms with Crippen molar-refractivity contribution in [1.29, 1.82) is 0 Å². The summed E-state index contributed by atoms with van der Waals surface area (Å²) in [5.41, 5.74) is 2.28. The van der Waals surface area contributed by atoms with Crippen LogP contribution in [0.2, 0.25) is 0 Å². The van der Waals surface area contributed by atoms with Gasteiger partial charge in [0.25, 0.3) is 0 Å². The van der Waals surface area contributed by atoms with Gasteiger partial charge < -0.3 is 9.73 Å². The minimum Gasteiger partial charge on any atom is -0.459 e. The molecule has 1 aromatic heterocycles. The maximum Gasteiger partial charge on any atom is 0.134 e. The van der Waals surface area contributed by atoms with Gasteiger partial charge >= 0.3 is 0 Å². The highest BCUT2D eigenvalue weighted by Crippen LogP contribution is 2.32. The van der Waals surface area contributed by atoms with Gasteiger partial charge in [0.2, 0.25) is 0 Å². The second-order valence-corrected chi connectivity index (χ2v) is 7.09. The van der Waals surface area contributed by atoms with E-state index in [0.717, 1.165) is 23.2 Å². The molecular formula is C19H27NO. The van der Waals surface area contributed by atoms with E-state index in [9.17, 15) is 0 Å². The summed E-state index contributed by atoms with van der Waals surface area (Å²) in [5.74, 6) is 2.76. The predicted octanol–water partition coefficient (Wildman–Crippen LogP) is 5.22. The van der Waals surface area contributed by atoms with Crippen LogP contribution in [0.3, 0.4) is 0 Å². The van der Waals surface area contributed by atoms with Crippen LogP contribution in [0.4, 0.5) is 0 Å². The van der Waals surface area contributed by atoms with Crippen molar-refractivity contribution in [2.24, 2.45) is 11.8 Å². The number of benzene rings is 1. The Labute approximate surface area is 127 Å². The fraction of sp³-hybridized carbons (Fsp3) is 0.579. The maximum absolute atomic E-state index is 6.09. The Morgan fingerprint density at radius 1 is 1.10 bits per heavy atom. The molecule has 0 bridgehead atoms. The van der Waals surface area contributed by atoms with E-state index in [-0.39, 0.29) is 6.04 Å². The van der Waals surface area contributed by atoms with Gasteiger partial charge in [-0.25, -0.2) is 0 Å². The van der Waals surface area contributed by atoms with E-state index in [1.165, 1.54) is 30.2 Å². The van der Waals surface area contributed by atoms with Crippen LogP contribution >= 0.6 is 0 Å². The molecule has 114 valence electrons. The Bertz CT molecular complexity index is 605. The van der Waals surface area contributed by atoms with E-state index in [1.807, 2.05) is 6.07 Å². The van der Waals surface area contributed by atoms with Gasteiger partial charge in [-0.3, -0.25) is 0 Å². The normalized spacial score (nSPS) is 27.9. The molecule has 0 aliphatic heterocycles. The molecule has 1 saturated carbocycles. The van der Waals surface area contributed by atoms with Crippen molar-refractivity contribution < 1.29 is 4.42 Å². The summed E-state index contributed by atoms with van der Waals surface area (Å²) in [4.78, 5) is 0. The molecule has 0 amide bonds. The van der Waals surface area contributed by atoms with E-state index < -0.39 is 0 Å². The number of hydrogen-bond donors (Lipinski definition) is 1. The Morgan fingerprint density at radius 2 is 1.76 bits per heavy atom. The standard InChI is InChI=1S/C19H27NO/c1-12-9-13(2)11-16(10-12)20-15(4)19-14(3)17-7-5-6-8-18(17)21-19/h5-8,12-13,15-16,20H,9-11H2,1-4H3. The lowest BCUT2D eigenvalue weighted by atomic mass is 9.80. The van der Waals surface area contributed by atoms with Gasteiger partial charge in [-0.15, -0.1) is 0 Å². The summed E-state index contributed by atoms with van der Waals surface area (Å²) in [6, 6.07) is 9.22. The summed E-state index contributed by atoms with van der Waals surface area (Å²) >= 11 is 0. The molecule has 0 radical (unpaired) electrons. The molecular weight excluding hydrogens is 258 g/mol. The first-order valence-corrected chi connectivity index (χ1v) is 8.28. The number of aryl methyl sites for hydroxylation is 1. The van der Waals surface area contributed by atoms with Crippen LogP contribution in [-0.2, 0) is 0 Å². The molecule has 0 saturated heterocycles. The Morgan fingerprint density at radius 3 is 2.43 bits per heavy atom. The van der Waals surface area contributed by atoms with Crippen LogP contribution in [0.1, 0.15) is 57.4 Å². The minimum absolute atomic E-state index is 0.278. The van der Waals surface area contributed by atoms with Crippen molar-refractivity contribution in [3.63, 3.8) is 0 Å². The molecule has 0 spiro atoms. The smallest absolute Gasteiger partial charge is 0.134 e. The molecule has 2 aromatic rings. The number of fused-ring (bicyclic) bond motifs is 1. The summed E-state index contributed by atoms with van der Waals surface area (Å²) in [7, 11) is 0. The molecule has 2 nitrogen and oxygen atoms in total. The van der Waals surface area contributed by atoms with E-state index in [0.29, 0.717) is 6.04 Å². The first-order chi connectivity index (χ1) is 10.0. The van der Waals surface area contributed by atoms with E-state index in [4.69, 9.17) is 4.42 Å². The highest BCUT2D eigenvalue weighted by molar-refractivity contribution is 5.82. The Hall–Kier alpha value is -1.28. The molecule has 3 unspecified atom stereocenters. The summed E-state index contributed by atoms with van der Waals surface area (Å²) in [5, 5.41) is 5.05. The van der Waals surface area contributed by atoms with Gasteiger partial charge in [0, 0.05) is 11.4 Å². The van der Waals surface area contributed by atoms with Crippen LogP contribution in [-0.4, -0.2) is 6.04 Å². The molecule has 1 aliphatic carbocycles. The second-order valence-electron chi connectivity index (χ2n) is 7.09. The van der Waals surface area contributed by atoms with Crippen LogP contribution < -0.4 is 5.32 Å². The molecule has 1 N–H and O–H groups in total. The highest BCUT2D eigenvalue weighted by atomic mass is 16.3. The van der Waals surface area contributed by atoms with Crippen molar-refractivity contribution in [2.75, 3.05) is 0 Å². The average molecular weight is 285 g/mol. The zero-order chi connectivity index (χ0) is 15.0. The van der Waals surface area contributed by atoms with Crippen LogP contribution in [0.15, 0.2) is 28.7 Å². The molecule has 1 aromatic carbocycles. The third kappa shape index (κ3) is 3.01. The van der Waals surface area contributed by atoms with Gasteiger partial charge in [0.15, 0.2) is 0 Å². The van der Waals surface area contributed by atoms with Crippen molar-refractivity contribution in [2.45, 2.75) is 59.0 Å². The zero-order valence-electron chi connectivity index (χ0n) is 13.6. The zero-order valence-corrected chi connectivity index (χ0v) is 13.6. The highest BCUT2D eigenvalue weighted by Gasteiger charge is 2.26. The largest absolute Gasteiger partial charge is 0.459 e. The Balaban J connectivity index is 1.77. The number of furan rings is 1. The summed E-state index contributed by atoms with van der Waals surface area (Å²) < 4.78 is 6.09. The molecule has 1 heterocycles. The SMILES string of the molecule is Cc1c(C(C)NC2CC(C)CC(C)C2)oc2ccccc12. The maximum atomic E-state index is 6.09. The minimum atomic E-state index is 0.278. The van der Waals surface area contributed by atoms with Crippen molar-refractivity contribution >= 4 is 11.0 Å². The van der Waals surface area contributed by atoms with Crippen LogP contribution in [0, 0.1) is 18.8 Å². The molecule has 3 rings (SSSR count). The van der Waals surface area contributed by atoms with Crippen LogP contribution in [0.5, 0.6) is 0 Å². The average Bonchev–Trinajstić information content (AvgIpc) is 2.76. The Kier molecular flexibility index (Phi) is 4.08. The third-order valence-electron chi connectivity index (χ3n) is 4.94. The van der Waals surface area contributed by atoms with Gasteiger partial charge in [0.05, 0.1) is 6.04 Å². The monoisotopic (exact) mass is 285 g/mol.